The van der Waals surface area contributed by atoms with Crippen LogP contribution < -0.4 is 4.72 Å². The van der Waals surface area contributed by atoms with E-state index in [-0.39, 0.29) is 4.90 Å². The average molecular weight is 527 g/mol. The highest BCUT2D eigenvalue weighted by molar-refractivity contribution is 7.98. The van der Waals surface area contributed by atoms with Crippen molar-refractivity contribution >= 4 is 33.4 Å². The first-order chi connectivity index (χ1) is 16.6. The quantitative estimate of drug-likeness (QED) is 0.277. The van der Waals surface area contributed by atoms with E-state index in [0.29, 0.717) is 21.8 Å². The van der Waals surface area contributed by atoms with Gasteiger partial charge in [-0.05, 0) is 63.1 Å². The SMILES string of the molecule is Cc1ccc(S(=O)(=O)NC(C)c2nnc(SCc3cccc(C)c3)n2-c2cc(Cl)ccc2C)cc1. The molecule has 0 amide bonds. The molecule has 0 saturated carbocycles. The van der Waals surface area contributed by atoms with Crippen LogP contribution in [0.5, 0.6) is 0 Å². The molecule has 0 saturated heterocycles. The Labute approximate surface area is 215 Å². The first-order valence-corrected chi connectivity index (χ1v) is 14.0. The molecular formula is C26H27ClN4O2S2. The highest BCUT2D eigenvalue weighted by atomic mass is 35.5. The minimum absolute atomic E-state index is 0.203. The van der Waals surface area contributed by atoms with Crippen LogP contribution >= 0.6 is 23.4 Å². The van der Waals surface area contributed by atoms with Gasteiger partial charge in [0.05, 0.1) is 16.6 Å². The van der Waals surface area contributed by atoms with E-state index in [2.05, 4.69) is 40.0 Å². The number of halogens is 1. The van der Waals surface area contributed by atoms with Gasteiger partial charge in [-0.25, -0.2) is 13.1 Å². The Hall–Kier alpha value is -2.65. The smallest absolute Gasteiger partial charge is 0.241 e. The summed E-state index contributed by atoms with van der Waals surface area (Å²) < 4.78 is 30.7. The molecule has 0 aliphatic carbocycles. The number of hydrogen-bond donors (Lipinski definition) is 1. The van der Waals surface area contributed by atoms with E-state index in [1.807, 2.05) is 42.7 Å². The molecule has 4 aromatic rings. The van der Waals surface area contributed by atoms with E-state index in [9.17, 15) is 8.42 Å². The summed E-state index contributed by atoms with van der Waals surface area (Å²) in [6, 6.07) is 20.0. The lowest BCUT2D eigenvalue weighted by Crippen LogP contribution is -2.29. The van der Waals surface area contributed by atoms with Crippen molar-refractivity contribution in [1.29, 1.82) is 0 Å². The van der Waals surface area contributed by atoms with Gasteiger partial charge in [0, 0.05) is 10.8 Å². The Morgan fingerprint density at radius 2 is 1.71 bits per heavy atom. The van der Waals surface area contributed by atoms with Gasteiger partial charge in [0.1, 0.15) is 0 Å². The Kier molecular flexibility index (Phi) is 7.66. The van der Waals surface area contributed by atoms with Gasteiger partial charge < -0.3 is 0 Å². The van der Waals surface area contributed by atoms with Gasteiger partial charge in [0.2, 0.25) is 10.0 Å². The lowest BCUT2D eigenvalue weighted by Gasteiger charge is -2.18. The largest absolute Gasteiger partial charge is 0.272 e. The van der Waals surface area contributed by atoms with E-state index in [1.165, 1.54) is 11.1 Å². The van der Waals surface area contributed by atoms with Crippen molar-refractivity contribution in [2.24, 2.45) is 0 Å². The fraction of sp³-hybridized carbons (Fsp3) is 0.231. The van der Waals surface area contributed by atoms with Crippen LogP contribution in [0, 0.1) is 20.8 Å². The number of hydrogen-bond acceptors (Lipinski definition) is 5. The number of aromatic nitrogens is 3. The number of nitrogens with one attached hydrogen (secondary N) is 1. The number of nitrogens with zero attached hydrogens (tertiary/aromatic N) is 3. The third kappa shape index (κ3) is 5.95. The molecule has 0 bridgehead atoms. The normalized spacial score (nSPS) is 12.6. The molecule has 0 aliphatic heterocycles. The monoisotopic (exact) mass is 526 g/mol. The number of rotatable bonds is 8. The van der Waals surface area contributed by atoms with Crippen LogP contribution in [-0.2, 0) is 15.8 Å². The molecule has 1 aromatic heterocycles. The van der Waals surface area contributed by atoms with E-state index in [4.69, 9.17) is 11.6 Å². The molecule has 0 fully saturated rings. The lowest BCUT2D eigenvalue weighted by atomic mass is 10.2. The zero-order valence-corrected chi connectivity index (χ0v) is 22.4. The fourth-order valence-electron chi connectivity index (χ4n) is 3.73. The molecule has 9 heteroatoms. The van der Waals surface area contributed by atoms with E-state index < -0.39 is 16.1 Å². The highest BCUT2D eigenvalue weighted by Crippen LogP contribution is 2.31. The topological polar surface area (TPSA) is 76.9 Å². The van der Waals surface area contributed by atoms with Crippen LogP contribution in [0.25, 0.3) is 5.69 Å². The molecular weight excluding hydrogens is 500 g/mol. The van der Waals surface area contributed by atoms with Crippen LogP contribution in [0.15, 0.2) is 76.8 Å². The number of aryl methyl sites for hydroxylation is 3. The molecule has 1 N–H and O–H groups in total. The third-order valence-electron chi connectivity index (χ3n) is 5.57. The van der Waals surface area contributed by atoms with Crippen molar-refractivity contribution < 1.29 is 8.42 Å². The molecule has 6 nitrogen and oxygen atoms in total. The van der Waals surface area contributed by atoms with Gasteiger partial charge in [0.15, 0.2) is 11.0 Å². The van der Waals surface area contributed by atoms with Gasteiger partial charge in [-0.1, -0.05) is 77.0 Å². The molecule has 0 radical (unpaired) electrons. The standard InChI is InChI=1S/C26H27ClN4O2S2/c1-17-8-12-23(13-9-17)35(32,33)30-20(4)25-28-29-26(34-16-21-7-5-6-18(2)14-21)31(25)24-15-22(27)11-10-19(24)3/h5-15,20,30H,16H2,1-4H3. The van der Waals surface area contributed by atoms with Crippen LogP contribution in [0.3, 0.4) is 0 Å². The number of sulfonamides is 1. The van der Waals surface area contributed by atoms with E-state index >= 15 is 0 Å². The minimum Gasteiger partial charge on any atom is -0.272 e. The predicted octanol–water partition coefficient (Wildman–Crippen LogP) is 6.18. The summed E-state index contributed by atoms with van der Waals surface area (Å²) in [5, 5.41) is 10.1. The van der Waals surface area contributed by atoms with Gasteiger partial charge in [-0.2, -0.15) is 0 Å². The van der Waals surface area contributed by atoms with Gasteiger partial charge in [-0.15, -0.1) is 10.2 Å². The van der Waals surface area contributed by atoms with Crippen LogP contribution in [0.4, 0.5) is 0 Å². The predicted molar refractivity (Wildman–Crippen MR) is 142 cm³/mol. The first kappa shape index (κ1) is 25.4. The molecule has 1 unspecified atom stereocenters. The molecule has 3 aromatic carbocycles. The van der Waals surface area contributed by atoms with Crippen molar-refractivity contribution in [2.75, 3.05) is 0 Å². The molecule has 182 valence electrons. The van der Waals surface area contributed by atoms with Gasteiger partial charge in [0.25, 0.3) is 0 Å². The summed E-state index contributed by atoms with van der Waals surface area (Å²) in [6.45, 7) is 7.72. The Balaban J connectivity index is 1.70. The first-order valence-electron chi connectivity index (χ1n) is 11.1. The zero-order chi connectivity index (χ0) is 25.2. The third-order valence-corrected chi connectivity index (χ3v) is 8.36. The average Bonchev–Trinajstić information content (AvgIpc) is 3.23. The van der Waals surface area contributed by atoms with Crippen LogP contribution in [0.1, 0.15) is 41.0 Å². The Morgan fingerprint density at radius 1 is 0.971 bits per heavy atom. The van der Waals surface area contributed by atoms with Crippen LogP contribution in [-0.4, -0.2) is 23.2 Å². The summed E-state index contributed by atoms with van der Waals surface area (Å²) in [5.74, 6) is 1.18. The maximum atomic E-state index is 13.1. The maximum Gasteiger partial charge on any atom is 0.241 e. The van der Waals surface area contributed by atoms with Gasteiger partial charge >= 0.3 is 0 Å². The molecule has 0 spiro atoms. The fourth-order valence-corrected chi connectivity index (χ4v) is 5.99. The molecule has 4 rings (SSSR count). The maximum absolute atomic E-state index is 13.1. The Morgan fingerprint density at radius 3 is 2.43 bits per heavy atom. The molecule has 0 aliphatic rings. The zero-order valence-electron chi connectivity index (χ0n) is 20.0. The summed E-state index contributed by atoms with van der Waals surface area (Å²) in [7, 11) is -3.76. The van der Waals surface area contributed by atoms with Gasteiger partial charge in [-0.3, -0.25) is 4.57 Å². The van der Waals surface area contributed by atoms with E-state index in [0.717, 1.165) is 16.8 Å². The summed E-state index contributed by atoms with van der Waals surface area (Å²) in [5.41, 5.74) is 5.13. The van der Waals surface area contributed by atoms with Crippen molar-refractivity contribution in [3.05, 3.63) is 99.8 Å². The van der Waals surface area contributed by atoms with Crippen molar-refractivity contribution in [2.45, 2.75) is 49.5 Å². The van der Waals surface area contributed by atoms with Crippen molar-refractivity contribution in [1.82, 2.24) is 19.5 Å². The van der Waals surface area contributed by atoms with Crippen molar-refractivity contribution in [3.8, 4) is 5.69 Å². The summed E-state index contributed by atoms with van der Waals surface area (Å²) in [4.78, 5) is 0.203. The lowest BCUT2D eigenvalue weighted by molar-refractivity contribution is 0.556. The summed E-state index contributed by atoms with van der Waals surface area (Å²) >= 11 is 7.88. The van der Waals surface area contributed by atoms with Crippen molar-refractivity contribution in [3.63, 3.8) is 0 Å². The molecule has 35 heavy (non-hydrogen) atoms. The minimum atomic E-state index is -3.76. The Bertz CT molecular complexity index is 1450. The molecule has 1 heterocycles. The molecule has 1 atom stereocenters. The van der Waals surface area contributed by atoms with Crippen LogP contribution in [0.2, 0.25) is 5.02 Å². The van der Waals surface area contributed by atoms with E-state index in [1.54, 1.807) is 43.0 Å². The summed E-state index contributed by atoms with van der Waals surface area (Å²) in [6.07, 6.45) is 0. The highest BCUT2D eigenvalue weighted by Gasteiger charge is 2.25. The second-order valence-electron chi connectivity index (χ2n) is 8.54. The second-order valence-corrected chi connectivity index (χ2v) is 11.6. The number of thioether (sulfide) groups is 1. The second kappa shape index (κ2) is 10.5. The number of benzene rings is 3.